The van der Waals surface area contributed by atoms with Crippen molar-refractivity contribution < 1.29 is 14.3 Å². The second-order valence-corrected chi connectivity index (χ2v) is 7.14. The fourth-order valence-electron chi connectivity index (χ4n) is 2.37. The summed E-state index contributed by atoms with van der Waals surface area (Å²) in [5.74, 6) is 0.437. The molecule has 2 rings (SSSR count). The molecule has 0 aromatic heterocycles. The number of carbonyl (C=O) groups excluding carboxylic acids is 2. The second kappa shape index (κ2) is 9.07. The van der Waals surface area contributed by atoms with Crippen LogP contribution in [-0.2, 0) is 4.79 Å². The number of benzene rings is 2. The van der Waals surface area contributed by atoms with Crippen LogP contribution in [0.4, 0.5) is 11.4 Å². The maximum atomic E-state index is 12.1. The Bertz CT molecular complexity index is 780. The van der Waals surface area contributed by atoms with Gasteiger partial charge in [0.2, 0.25) is 5.91 Å². The number of rotatable bonds is 7. The van der Waals surface area contributed by atoms with E-state index in [2.05, 4.69) is 16.0 Å². The predicted molar refractivity (Wildman–Crippen MR) is 108 cm³/mol. The van der Waals surface area contributed by atoms with E-state index >= 15 is 0 Å². The highest BCUT2D eigenvalue weighted by molar-refractivity contribution is 5.97. The quantitative estimate of drug-likeness (QED) is 0.696. The van der Waals surface area contributed by atoms with Crippen molar-refractivity contribution in [1.82, 2.24) is 5.32 Å². The SMILES string of the molecule is CCOc1cccc(NCC(=O)Nc2ccc(C(=O)NC(C)(C)C)cc2)c1. The van der Waals surface area contributed by atoms with Crippen LogP contribution < -0.4 is 20.7 Å². The smallest absolute Gasteiger partial charge is 0.251 e. The van der Waals surface area contributed by atoms with E-state index in [1.54, 1.807) is 24.3 Å². The molecule has 2 aromatic carbocycles. The average Bonchev–Trinajstić information content (AvgIpc) is 2.60. The summed E-state index contributed by atoms with van der Waals surface area (Å²) in [6, 6.07) is 14.3. The number of carbonyl (C=O) groups is 2. The molecule has 0 heterocycles. The molecule has 0 spiro atoms. The van der Waals surface area contributed by atoms with Crippen LogP contribution in [0.1, 0.15) is 38.1 Å². The number of hydrogen-bond donors (Lipinski definition) is 3. The lowest BCUT2D eigenvalue weighted by Crippen LogP contribution is -2.40. The van der Waals surface area contributed by atoms with E-state index in [0.29, 0.717) is 17.9 Å². The molecule has 0 saturated heterocycles. The summed E-state index contributed by atoms with van der Waals surface area (Å²) in [6.45, 7) is 8.42. The van der Waals surface area contributed by atoms with Gasteiger partial charge in [0.25, 0.3) is 5.91 Å². The highest BCUT2D eigenvalue weighted by Gasteiger charge is 2.15. The van der Waals surface area contributed by atoms with Gasteiger partial charge >= 0.3 is 0 Å². The second-order valence-electron chi connectivity index (χ2n) is 7.14. The highest BCUT2D eigenvalue weighted by atomic mass is 16.5. The Morgan fingerprint density at radius 1 is 1.00 bits per heavy atom. The molecule has 0 aliphatic rings. The molecule has 2 aromatic rings. The van der Waals surface area contributed by atoms with Gasteiger partial charge in [-0.15, -0.1) is 0 Å². The normalized spacial score (nSPS) is 10.8. The van der Waals surface area contributed by atoms with Crippen LogP contribution in [0.5, 0.6) is 5.75 Å². The molecule has 2 amide bonds. The topological polar surface area (TPSA) is 79.5 Å². The molecule has 0 unspecified atom stereocenters. The van der Waals surface area contributed by atoms with Crippen molar-refractivity contribution in [3.05, 3.63) is 54.1 Å². The Hall–Kier alpha value is -3.02. The van der Waals surface area contributed by atoms with Crippen LogP contribution in [-0.4, -0.2) is 30.5 Å². The third-order valence-electron chi connectivity index (χ3n) is 3.52. The Balaban J connectivity index is 1.87. The molecule has 0 fully saturated rings. The lowest BCUT2D eigenvalue weighted by molar-refractivity contribution is -0.114. The summed E-state index contributed by atoms with van der Waals surface area (Å²) in [6.07, 6.45) is 0. The first-order chi connectivity index (χ1) is 12.8. The zero-order valence-electron chi connectivity index (χ0n) is 16.3. The molecule has 3 N–H and O–H groups in total. The van der Waals surface area contributed by atoms with Crippen LogP contribution in [0.2, 0.25) is 0 Å². The van der Waals surface area contributed by atoms with Gasteiger partial charge in [0.15, 0.2) is 0 Å². The first-order valence-electron chi connectivity index (χ1n) is 8.96. The minimum atomic E-state index is -0.297. The van der Waals surface area contributed by atoms with Gasteiger partial charge in [0, 0.05) is 28.5 Å². The lowest BCUT2D eigenvalue weighted by Gasteiger charge is -2.20. The lowest BCUT2D eigenvalue weighted by atomic mass is 10.1. The Labute approximate surface area is 160 Å². The van der Waals surface area contributed by atoms with E-state index in [1.807, 2.05) is 52.0 Å². The van der Waals surface area contributed by atoms with E-state index in [9.17, 15) is 9.59 Å². The summed E-state index contributed by atoms with van der Waals surface area (Å²) >= 11 is 0. The number of hydrogen-bond acceptors (Lipinski definition) is 4. The molecular weight excluding hydrogens is 342 g/mol. The summed E-state index contributed by atoms with van der Waals surface area (Å²) in [5, 5.41) is 8.77. The van der Waals surface area contributed by atoms with Gasteiger partial charge in [0.1, 0.15) is 5.75 Å². The van der Waals surface area contributed by atoms with Crippen molar-refractivity contribution in [3.8, 4) is 5.75 Å². The molecular formula is C21H27N3O3. The summed E-state index contributed by atoms with van der Waals surface area (Å²) in [4.78, 5) is 24.2. The van der Waals surface area contributed by atoms with Gasteiger partial charge in [-0.05, 0) is 64.1 Å². The van der Waals surface area contributed by atoms with Gasteiger partial charge in [-0.3, -0.25) is 9.59 Å². The largest absolute Gasteiger partial charge is 0.494 e. The van der Waals surface area contributed by atoms with Crippen molar-refractivity contribution in [1.29, 1.82) is 0 Å². The monoisotopic (exact) mass is 369 g/mol. The van der Waals surface area contributed by atoms with E-state index in [4.69, 9.17) is 4.74 Å². The fourth-order valence-corrected chi connectivity index (χ4v) is 2.37. The maximum absolute atomic E-state index is 12.1. The van der Waals surface area contributed by atoms with E-state index in [0.717, 1.165) is 11.4 Å². The molecule has 144 valence electrons. The number of amides is 2. The fraction of sp³-hybridized carbons (Fsp3) is 0.333. The molecule has 6 nitrogen and oxygen atoms in total. The Morgan fingerprint density at radius 2 is 1.70 bits per heavy atom. The van der Waals surface area contributed by atoms with Crippen LogP contribution >= 0.6 is 0 Å². The summed E-state index contributed by atoms with van der Waals surface area (Å²) in [5.41, 5.74) is 1.70. The summed E-state index contributed by atoms with van der Waals surface area (Å²) < 4.78 is 5.44. The number of nitrogens with one attached hydrogen (secondary N) is 3. The maximum Gasteiger partial charge on any atom is 0.251 e. The molecule has 0 saturated carbocycles. The van der Waals surface area contributed by atoms with Crippen LogP contribution in [0.3, 0.4) is 0 Å². The molecule has 27 heavy (non-hydrogen) atoms. The predicted octanol–water partition coefficient (Wildman–Crippen LogP) is 3.66. The van der Waals surface area contributed by atoms with Crippen molar-refractivity contribution in [2.75, 3.05) is 23.8 Å². The van der Waals surface area contributed by atoms with Crippen LogP contribution in [0.15, 0.2) is 48.5 Å². The third kappa shape index (κ3) is 7.01. The van der Waals surface area contributed by atoms with Gasteiger partial charge in [0.05, 0.1) is 13.2 Å². The van der Waals surface area contributed by atoms with Gasteiger partial charge < -0.3 is 20.7 Å². The average molecular weight is 369 g/mol. The van der Waals surface area contributed by atoms with Crippen molar-refractivity contribution in [2.24, 2.45) is 0 Å². The van der Waals surface area contributed by atoms with Gasteiger partial charge in [-0.1, -0.05) is 6.07 Å². The molecule has 0 aliphatic carbocycles. The molecule has 0 bridgehead atoms. The number of anilines is 2. The Kier molecular flexibility index (Phi) is 6.82. The highest BCUT2D eigenvalue weighted by Crippen LogP contribution is 2.17. The Morgan fingerprint density at radius 3 is 2.33 bits per heavy atom. The minimum absolute atomic E-state index is 0.127. The standard InChI is InChI=1S/C21H27N3O3/c1-5-27-18-8-6-7-17(13-18)22-14-19(25)23-16-11-9-15(10-12-16)20(26)24-21(2,3)4/h6-13,22H,5,14H2,1-4H3,(H,23,25)(H,24,26). The van der Waals surface area contributed by atoms with E-state index in [1.165, 1.54) is 0 Å². The number of ether oxygens (including phenoxy) is 1. The van der Waals surface area contributed by atoms with Crippen molar-refractivity contribution in [3.63, 3.8) is 0 Å². The minimum Gasteiger partial charge on any atom is -0.494 e. The third-order valence-corrected chi connectivity index (χ3v) is 3.52. The molecule has 0 radical (unpaired) electrons. The molecule has 6 heteroatoms. The van der Waals surface area contributed by atoms with E-state index < -0.39 is 0 Å². The summed E-state index contributed by atoms with van der Waals surface area (Å²) in [7, 11) is 0. The van der Waals surface area contributed by atoms with Gasteiger partial charge in [-0.2, -0.15) is 0 Å². The zero-order chi connectivity index (χ0) is 19.9. The first kappa shape index (κ1) is 20.3. The van der Waals surface area contributed by atoms with Crippen molar-refractivity contribution >= 4 is 23.2 Å². The molecule has 0 atom stereocenters. The van der Waals surface area contributed by atoms with Crippen LogP contribution in [0, 0.1) is 0 Å². The van der Waals surface area contributed by atoms with E-state index in [-0.39, 0.29) is 23.9 Å². The molecule has 0 aliphatic heterocycles. The first-order valence-corrected chi connectivity index (χ1v) is 8.96. The van der Waals surface area contributed by atoms with Gasteiger partial charge in [-0.25, -0.2) is 0 Å². The van der Waals surface area contributed by atoms with Crippen LogP contribution in [0.25, 0.3) is 0 Å². The zero-order valence-corrected chi connectivity index (χ0v) is 16.3. The van der Waals surface area contributed by atoms with Crippen molar-refractivity contribution in [2.45, 2.75) is 33.2 Å².